The first kappa shape index (κ1) is 22.6. The molecule has 180 valence electrons. The quantitative estimate of drug-likeness (QED) is 0.508. The summed E-state index contributed by atoms with van der Waals surface area (Å²) < 4.78 is 5.52. The number of aromatic amines is 1. The molecular formula is C26H26N4O5. The summed E-state index contributed by atoms with van der Waals surface area (Å²) in [5.41, 5.74) is 3.32. The molecule has 1 atom stereocenters. The van der Waals surface area contributed by atoms with Crippen LogP contribution in [-0.2, 0) is 9.53 Å². The molecule has 5 rings (SSSR count). The number of carboxylic acid groups (broad SMARTS) is 1. The second kappa shape index (κ2) is 8.90. The first-order valence-corrected chi connectivity index (χ1v) is 11.6. The summed E-state index contributed by atoms with van der Waals surface area (Å²) in [7, 11) is 0. The molecule has 35 heavy (non-hydrogen) atoms. The second-order valence-electron chi connectivity index (χ2n) is 9.11. The van der Waals surface area contributed by atoms with Gasteiger partial charge in [-0.05, 0) is 48.4 Å². The fraction of sp³-hybridized carbons (Fsp3) is 0.308. The summed E-state index contributed by atoms with van der Waals surface area (Å²) in [6, 6.07) is 17.5. The number of hydrogen-bond donors (Lipinski definition) is 3. The molecule has 0 bridgehead atoms. The second-order valence-corrected chi connectivity index (χ2v) is 9.11. The summed E-state index contributed by atoms with van der Waals surface area (Å²) in [5.74, 6) is -1.46. The number of aliphatic carboxylic acids is 1. The molecule has 3 aromatic rings. The van der Waals surface area contributed by atoms with Gasteiger partial charge in [0, 0.05) is 18.5 Å². The SMILES string of the molecule is CC1(C(=O)O)CCCCN1C(=O)c1cc(NC(=O)OCC2c3ccccc3-c3ccccc32)n[nH]1. The molecule has 3 N–H and O–H groups in total. The van der Waals surface area contributed by atoms with Gasteiger partial charge in [-0.2, -0.15) is 5.10 Å². The van der Waals surface area contributed by atoms with Crippen LogP contribution in [0.5, 0.6) is 0 Å². The van der Waals surface area contributed by atoms with Crippen LogP contribution >= 0.6 is 0 Å². The van der Waals surface area contributed by atoms with Gasteiger partial charge in [-0.15, -0.1) is 0 Å². The van der Waals surface area contributed by atoms with Gasteiger partial charge in [0.15, 0.2) is 5.82 Å². The largest absolute Gasteiger partial charge is 0.480 e. The van der Waals surface area contributed by atoms with E-state index in [0.29, 0.717) is 13.0 Å². The average molecular weight is 475 g/mol. The topological polar surface area (TPSA) is 125 Å². The zero-order valence-corrected chi connectivity index (χ0v) is 19.3. The number of carboxylic acids is 1. The number of aromatic nitrogens is 2. The molecular weight excluding hydrogens is 448 g/mol. The molecule has 9 nitrogen and oxygen atoms in total. The van der Waals surface area contributed by atoms with E-state index in [9.17, 15) is 19.5 Å². The van der Waals surface area contributed by atoms with Crippen LogP contribution in [0.25, 0.3) is 11.1 Å². The van der Waals surface area contributed by atoms with E-state index in [1.54, 1.807) is 6.92 Å². The van der Waals surface area contributed by atoms with Gasteiger partial charge in [-0.1, -0.05) is 48.5 Å². The van der Waals surface area contributed by atoms with E-state index in [0.717, 1.165) is 35.1 Å². The highest BCUT2D eigenvalue weighted by atomic mass is 16.5. The van der Waals surface area contributed by atoms with E-state index < -0.39 is 23.5 Å². The maximum absolute atomic E-state index is 13.0. The summed E-state index contributed by atoms with van der Waals surface area (Å²) >= 11 is 0. The number of likely N-dealkylation sites (tertiary alicyclic amines) is 1. The minimum Gasteiger partial charge on any atom is -0.480 e. The third kappa shape index (κ3) is 4.03. The van der Waals surface area contributed by atoms with E-state index in [1.165, 1.54) is 11.0 Å². The van der Waals surface area contributed by atoms with Crippen molar-refractivity contribution >= 4 is 23.8 Å². The van der Waals surface area contributed by atoms with E-state index >= 15 is 0 Å². The number of rotatable bonds is 5. The van der Waals surface area contributed by atoms with Gasteiger partial charge in [0.2, 0.25) is 0 Å². The molecule has 2 amide bonds. The number of benzene rings is 2. The highest BCUT2D eigenvalue weighted by Crippen LogP contribution is 2.44. The van der Waals surface area contributed by atoms with Gasteiger partial charge in [0.1, 0.15) is 17.8 Å². The predicted molar refractivity (Wildman–Crippen MR) is 128 cm³/mol. The molecule has 1 fully saturated rings. The van der Waals surface area contributed by atoms with Crippen LogP contribution in [0.4, 0.5) is 10.6 Å². The third-order valence-corrected chi connectivity index (χ3v) is 6.98. The lowest BCUT2D eigenvalue weighted by Crippen LogP contribution is -2.57. The normalized spacial score (nSPS) is 19.1. The molecule has 1 aliphatic heterocycles. The molecule has 1 unspecified atom stereocenters. The summed E-state index contributed by atoms with van der Waals surface area (Å²) in [6.45, 7) is 2.05. The number of hydrogen-bond acceptors (Lipinski definition) is 5. The van der Waals surface area contributed by atoms with Crippen molar-refractivity contribution in [2.75, 3.05) is 18.5 Å². The van der Waals surface area contributed by atoms with Crippen LogP contribution in [0.15, 0.2) is 54.6 Å². The number of nitrogens with zero attached hydrogens (tertiary/aromatic N) is 2. The van der Waals surface area contributed by atoms with Gasteiger partial charge in [0.25, 0.3) is 5.91 Å². The van der Waals surface area contributed by atoms with Crippen LogP contribution in [0.2, 0.25) is 0 Å². The lowest BCUT2D eigenvalue weighted by molar-refractivity contribution is -0.150. The van der Waals surface area contributed by atoms with Crippen molar-refractivity contribution < 1.29 is 24.2 Å². The van der Waals surface area contributed by atoms with Gasteiger partial charge < -0.3 is 14.7 Å². The molecule has 1 aliphatic carbocycles. The fourth-order valence-corrected chi connectivity index (χ4v) is 5.05. The van der Waals surface area contributed by atoms with E-state index in [2.05, 4.69) is 27.6 Å². The van der Waals surface area contributed by atoms with Crippen molar-refractivity contribution in [3.8, 4) is 11.1 Å². The Kier molecular flexibility index (Phi) is 5.76. The lowest BCUT2D eigenvalue weighted by Gasteiger charge is -2.41. The van der Waals surface area contributed by atoms with Crippen molar-refractivity contribution in [2.45, 2.75) is 37.6 Å². The fourth-order valence-electron chi connectivity index (χ4n) is 5.05. The Labute approximate surface area is 202 Å². The van der Waals surface area contributed by atoms with Gasteiger partial charge in [0.05, 0.1) is 0 Å². The Hall–Kier alpha value is -4.14. The summed E-state index contributed by atoms with van der Waals surface area (Å²) in [5, 5.41) is 18.8. The molecule has 0 radical (unpaired) electrons. The van der Waals surface area contributed by atoms with Gasteiger partial charge in [-0.25, -0.2) is 9.59 Å². The van der Waals surface area contributed by atoms with Crippen LogP contribution in [0.3, 0.4) is 0 Å². The number of carbonyl (C=O) groups is 3. The monoisotopic (exact) mass is 474 g/mol. The molecule has 1 saturated heterocycles. The lowest BCUT2D eigenvalue weighted by atomic mass is 9.88. The van der Waals surface area contributed by atoms with Crippen LogP contribution in [0, 0.1) is 0 Å². The van der Waals surface area contributed by atoms with Crippen molar-refractivity contribution in [3.63, 3.8) is 0 Å². The highest BCUT2D eigenvalue weighted by Gasteiger charge is 2.44. The molecule has 0 saturated carbocycles. The number of anilines is 1. The van der Waals surface area contributed by atoms with Gasteiger partial charge >= 0.3 is 12.1 Å². The van der Waals surface area contributed by atoms with E-state index in [1.807, 2.05) is 36.4 Å². The third-order valence-electron chi connectivity index (χ3n) is 6.98. The zero-order chi connectivity index (χ0) is 24.6. The van der Waals surface area contributed by atoms with Crippen molar-refractivity contribution in [1.29, 1.82) is 0 Å². The van der Waals surface area contributed by atoms with Crippen LogP contribution in [-0.4, -0.2) is 56.9 Å². The molecule has 2 aromatic carbocycles. The molecule has 9 heteroatoms. The van der Waals surface area contributed by atoms with E-state index in [4.69, 9.17) is 4.74 Å². The molecule has 2 heterocycles. The number of fused-ring (bicyclic) bond motifs is 3. The smallest absolute Gasteiger partial charge is 0.412 e. The van der Waals surface area contributed by atoms with Crippen molar-refractivity contribution in [2.24, 2.45) is 0 Å². The van der Waals surface area contributed by atoms with Crippen molar-refractivity contribution in [3.05, 3.63) is 71.4 Å². The Morgan fingerprint density at radius 3 is 2.43 bits per heavy atom. The highest BCUT2D eigenvalue weighted by molar-refractivity contribution is 5.97. The Bertz CT molecular complexity index is 1260. The number of carbonyl (C=O) groups excluding carboxylic acids is 2. The standard InChI is InChI=1S/C26H26N4O5/c1-26(24(32)33)12-6-7-13-30(26)23(31)21-14-22(29-28-21)27-25(34)35-15-20-18-10-4-2-8-16(18)17-9-3-5-11-19(17)20/h2-5,8-11,14,20H,6-7,12-13,15H2,1H3,(H,32,33)(H2,27,28,29,34). The molecule has 1 aromatic heterocycles. The van der Waals surface area contributed by atoms with E-state index in [-0.39, 0.29) is 24.0 Å². The Morgan fingerprint density at radius 1 is 1.11 bits per heavy atom. The number of ether oxygens (including phenoxy) is 1. The number of piperidine rings is 1. The maximum Gasteiger partial charge on any atom is 0.412 e. The number of H-pyrrole nitrogens is 1. The average Bonchev–Trinajstić information content (AvgIpc) is 3.45. The predicted octanol–water partition coefficient (Wildman–Crippen LogP) is 4.24. The molecule has 0 spiro atoms. The van der Waals surface area contributed by atoms with Crippen molar-refractivity contribution in [1.82, 2.24) is 15.1 Å². The Balaban J connectivity index is 1.24. The Morgan fingerprint density at radius 2 is 1.77 bits per heavy atom. The summed E-state index contributed by atoms with van der Waals surface area (Å²) in [4.78, 5) is 38.7. The maximum atomic E-state index is 13.0. The molecule has 2 aliphatic rings. The summed E-state index contributed by atoms with van der Waals surface area (Å²) in [6.07, 6.45) is 1.16. The van der Waals surface area contributed by atoms with Crippen LogP contribution < -0.4 is 5.32 Å². The zero-order valence-electron chi connectivity index (χ0n) is 19.3. The minimum atomic E-state index is -1.28. The number of amides is 2. The van der Waals surface area contributed by atoms with Gasteiger partial charge in [-0.3, -0.25) is 15.2 Å². The number of nitrogens with one attached hydrogen (secondary N) is 2. The first-order valence-electron chi connectivity index (χ1n) is 11.6. The van der Waals surface area contributed by atoms with Crippen LogP contribution in [0.1, 0.15) is 53.7 Å². The minimum absolute atomic E-state index is 0.0720. The first-order chi connectivity index (χ1) is 16.9.